The van der Waals surface area contributed by atoms with Gasteiger partial charge in [-0.05, 0) is 30.0 Å². The summed E-state index contributed by atoms with van der Waals surface area (Å²) < 4.78 is 5.55. The first kappa shape index (κ1) is 12.9. The summed E-state index contributed by atoms with van der Waals surface area (Å²) in [5, 5.41) is 11.9. The van der Waals surface area contributed by atoms with Crippen LogP contribution in [0.2, 0.25) is 0 Å². The van der Waals surface area contributed by atoms with E-state index in [4.69, 9.17) is 9.84 Å². The lowest BCUT2D eigenvalue weighted by Crippen LogP contribution is -2.26. The van der Waals surface area contributed by atoms with Crippen molar-refractivity contribution in [3.05, 3.63) is 29.3 Å². The lowest BCUT2D eigenvalue weighted by molar-refractivity contribution is -0.140. The maximum Gasteiger partial charge on any atom is 0.307 e. The number of carboxylic acid groups (broad SMARTS) is 1. The van der Waals surface area contributed by atoms with Gasteiger partial charge in [-0.3, -0.25) is 4.79 Å². The first-order valence-electron chi connectivity index (χ1n) is 6.35. The number of hydrogen-bond acceptors (Lipinski definition) is 3. The minimum absolute atomic E-state index is 0.356. The van der Waals surface area contributed by atoms with Crippen LogP contribution in [0.4, 0.5) is 0 Å². The predicted molar refractivity (Wildman–Crippen MR) is 68.8 cm³/mol. The zero-order valence-electron chi connectivity index (χ0n) is 10.6. The average Bonchev–Trinajstić information content (AvgIpc) is 2.38. The maximum absolute atomic E-state index is 10.7. The monoisotopic (exact) mass is 249 g/mol. The minimum Gasteiger partial charge on any atom is -0.493 e. The summed E-state index contributed by atoms with van der Waals surface area (Å²) in [6.07, 6.45) is 2.13. The van der Waals surface area contributed by atoms with Crippen molar-refractivity contribution in [2.45, 2.75) is 26.3 Å². The molecule has 18 heavy (non-hydrogen) atoms. The van der Waals surface area contributed by atoms with Crippen LogP contribution in [-0.4, -0.2) is 24.2 Å². The molecule has 0 saturated carbocycles. The molecule has 4 nitrogen and oxygen atoms in total. The summed E-state index contributed by atoms with van der Waals surface area (Å²) in [7, 11) is 0. The van der Waals surface area contributed by atoms with Crippen molar-refractivity contribution in [2.24, 2.45) is 5.92 Å². The number of carboxylic acids is 1. The third kappa shape index (κ3) is 3.23. The molecule has 2 N–H and O–H groups in total. The second-order valence-corrected chi connectivity index (χ2v) is 4.76. The van der Waals surface area contributed by atoms with E-state index in [0.29, 0.717) is 13.1 Å². The molecule has 1 aliphatic rings. The summed E-state index contributed by atoms with van der Waals surface area (Å²) in [4.78, 5) is 10.7. The fraction of sp³-hybridized carbons (Fsp3) is 0.500. The Hall–Kier alpha value is -1.55. The molecular formula is C14H19NO3. The minimum atomic E-state index is -0.763. The third-order valence-electron chi connectivity index (χ3n) is 3.17. The summed E-state index contributed by atoms with van der Waals surface area (Å²) >= 11 is 0. The number of fused-ring (bicyclic) bond motifs is 1. The molecule has 0 aliphatic carbocycles. The molecule has 1 heterocycles. The number of aryl methyl sites for hydroxylation is 1. The van der Waals surface area contributed by atoms with E-state index < -0.39 is 5.97 Å². The number of hydrogen-bond donors (Lipinski definition) is 2. The summed E-state index contributed by atoms with van der Waals surface area (Å²) in [5.74, 6) is -0.129. The SMILES string of the molecule is CC(CNCc1ccc2c(c1)CCCO2)C(=O)O. The molecule has 0 bridgehead atoms. The molecule has 0 fully saturated rings. The van der Waals surface area contributed by atoms with E-state index in [-0.39, 0.29) is 5.92 Å². The van der Waals surface area contributed by atoms with E-state index in [2.05, 4.69) is 11.4 Å². The molecule has 1 atom stereocenters. The van der Waals surface area contributed by atoms with Crippen molar-refractivity contribution in [3.63, 3.8) is 0 Å². The van der Waals surface area contributed by atoms with Gasteiger partial charge in [0, 0.05) is 13.1 Å². The van der Waals surface area contributed by atoms with Gasteiger partial charge in [-0.25, -0.2) is 0 Å². The van der Waals surface area contributed by atoms with Gasteiger partial charge < -0.3 is 15.2 Å². The fourth-order valence-corrected chi connectivity index (χ4v) is 2.04. The Morgan fingerprint density at radius 1 is 1.56 bits per heavy atom. The number of carbonyl (C=O) groups is 1. The van der Waals surface area contributed by atoms with Gasteiger partial charge in [-0.15, -0.1) is 0 Å². The largest absolute Gasteiger partial charge is 0.493 e. The predicted octanol–water partition coefficient (Wildman–Crippen LogP) is 1.82. The number of aliphatic carboxylic acids is 1. The van der Waals surface area contributed by atoms with Gasteiger partial charge in [0.1, 0.15) is 5.75 Å². The van der Waals surface area contributed by atoms with E-state index >= 15 is 0 Å². The van der Waals surface area contributed by atoms with Crippen LogP contribution in [-0.2, 0) is 17.8 Å². The molecule has 1 unspecified atom stereocenters. The molecule has 4 heteroatoms. The second-order valence-electron chi connectivity index (χ2n) is 4.76. The molecular weight excluding hydrogens is 230 g/mol. The van der Waals surface area contributed by atoms with Gasteiger partial charge in [0.05, 0.1) is 12.5 Å². The summed E-state index contributed by atoms with van der Waals surface area (Å²) in [6, 6.07) is 6.18. The van der Waals surface area contributed by atoms with Crippen LogP contribution in [0.5, 0.6) is 5.75 Å². The normalized spacial score (nSPS) is 15.6. The number of ether oxygens (including phenoxy) is 1. The first-order valence-corrected chi connectivity index (χ1v) is 6.35. The van der Waals surface area contributed by atoms with Gasteiger partial charge >= 0.3 is 5.97 Å². The van der Waals surface area contributed by atoms with E-state index in [9.17, 15) is 4.79 Å². The molecule has 0 spiro atoms. The van der Waals surface area contributed by atoms with Gasteiger partial charge in [-0.2, -0.15) is 0 Å². The van der Waals surface area contributed by atoms with Crippen molar-refractivity contribution >= 4 is 5.97 Å². The smallest absolute Gasteiger partial charge is 0.307 e. The van der Waals surface area contributed by atoms with Gasteiger partial charge in [0.15, 0.2) is 0 Å². The molecule has 0 radical (unpaired) electrons. The van der Waals surface area contributed by atoms with Gasteiger partial charge in [0.25, 0.3) is 0 Å². The van der Waals surface area contributed by atoms with Crippen LogP contribution in [0.1, 0.15) is 24.5 Å². The molecule has 2 rings (SSSR count). The Morgan fingerprint density at radius 2 is 2.39 bits per heavy atom. The Morgan fingerprint density at radius 3 is 3.17 bits per heavy atom. The zero-order valence-corrected chi connectivity index (χ0v) is 10.6. The van der Waals surface area contributed by atoms with Crippen molar-refractivity contribution in [1.82, 2.24) is 5.32 Å². The van der Waals surface area contributed by atoms with Gasteiger partial charge in [-0.1, -0.05) is 19.1 Å². The summed E-state index contributed by atoms with van der Waals surface area (Å²) in [5.41, 5.74) is 2.43. The average molecular weight is 249 g/mol. The number of benzene rings is 1. The quantitative estimate of drug-likeness (QED) is 0.835. The topological polar surface area (TPSA) is 58.6 Å². The molecule has 0 amide bonds. The van der Waals surface area contributed by atoms with Crippen molar-refractivity contribution in [3.8, 4) is 5.75 Å². The van der Waals surface area contributed by atoms with Gasteiger partial charge in [0.2, 0.25) is 0 Å². The highest BCUT2D eigenvalue weighted by Crippen LogP contribution is 2.25. The van der Waals surface area contributed by atoms with Crippen LogP contribution in [0.25, 0.3) is 0 Å². The summed E-state index contributed by atoms with van der Waals surface area (Å²) in [6.45, 7) is 3.70. The van der Waals surface area contributed by atoms with E-state index in [0.717, 1.165) is 25.2 Å². The van der Waals surface area contributed by atoms with E-state index in [1.807, 2.05) is 12.1 Å². The van der Waals surface area contributed by atoms with Crippen LogP contribution < -0.4 is 10.1 Å². The van der Waals surface area contributed by atoms with Crippen LogP contribution >= 0.6 is 0 Å². The van der Waals surface area contributed by atoms with Crippen LogP contribution in [0, 0.1) is 5.92 Å². The zero-order chi connectivity index (χ0) is 13.0. The van der Waals surface area contributed by atoms with Crippen molar-refractivity contribution in [1.29, 1.82) is 0 Å². The third-order valence-corrected chi connectivity index (χ3v) is 3.17. The molecule has 1 aromatic rings. The van der Waals surface area contributed by atoms with Crippen LogP contribution in [0.15, 0.2) is 18.2 Å². The lowest BCUT2D eigenvalue weighted by Gasteiger charge is -2.18. The van der Waals surface area contributed by atoms with Crippen molar-refractivity contribution < 1.29 is 14.6 Å². The lowest BCUT2D eigenvalue weighted by atomic mass is 10.0. The Bertz CT molecular complexity index is 431. The fourth-order valence-electron chi connectivity index (χ4n) is 2.04. The highest BCUT2D eigenvalue weighted by Gasteiger charge is 2.12. The molecule has 1 aromatic carbocycles. The first-order chi connectivity index (χ1) is 8.66. The molecule has 1 aliphatic heterocycles. The highest BCUT2D eigenvalue weighted by molar-refractivity contribution is 5.69. The maximum atomic E-state index is 10.7. The molecule has 98 valence electrons. The number of rotatable bonds is 5. The standard InChI is InChI=1S/C14H19NO3/c1-10(14(16)17)8-15-9-11-4-5-13-12(7-11)3-2-6-18-13/h4-5,7,10,15H,2-3,6,8-9H2,1H3,(H,16,17). The van der Waals surface area contributed by atoms with Crippen molar-refractivity contribution in [2.75, 3.05) is 13.2 Å². The Labute approximate surface area is 107 Å². The molecule has 0 aromatic heterocycles. The highest BCUT2D eigenvalue weighted by atomic mass is 16.5. The van der Waals surface area contributed by atoms with E-state index in [1.54, 1.807) is 6.92 Å². The van der Waals surface area contributed by atoms with E-state index in [1.165, 1.54) is 11.1 Å². The Balaban J connectivity index is 1.88. The Kier molecular flexibility index (Phi) is 4.20. The van der Waals surface area contributed by atoms with Crippen LogP contribution in [0.3, 0.4) is 0 Å². The molecule has 0 saturated heterocycles. The number of nitrogens with one attached hydrogen (secondary N) is 1. The second kappa shape index (κ2) is 5.87.